The zero-order valence-corrected chi connectivity index (χ0v) is 12.3. The Hall–Kier alpha value is -0.640. The highest BCUT2D eigenvalue weighted by molar-refractivity contribution is 9.10. The van der Waals surface area contributed by atoms with Gasteiger partial charge in [-0.15, -0.1) is 11.3 Å². The number of ketones is 1. The number of benzene rings is 1. The molecule has 0 saturated carbocycles. The Balaban J connectivity index is 2.20. The lowest BCUT2D eigenvalue weighted by Gasteiger charge is -2.03. The third-order valence-electron chi connectivity index (χ3n) is 2.38. The monoisotopic (exact) mass is 328 g/mol. The normalized spacial score (nSPS) is 10.5. The minimum Gasteiger partial charge on any atom is -0.294 e. The highest BCUT2D eigenvalue weighted by Gasteiger charge is 2.12. The SMILES string of the molecule is Cc1ccc(C(=O)Cc2cc(Br)cs2)c(Cl)c1. The standard InChI is InChI=1S/C13H10BrClOS/c1-8-2-3-11(12(15)4-8)13(16)6-10-5-9(14)7-17-10/h2-5,7H,6H2,1H3. The van der Waals surface area contributed by atoms with Crippen molar-refractivity contribution in [2.24, 2.45) is 0 Å². The Bertz CT molecular complexity index is 562. The van der Waals surface area contributed by atoms with E-state index in [-0.39, 0.29) is 5.78 Å². The minimum absolute atomic E-state index is 0.0596. The molecule has 0 aliphatic heterocycles. The first kappa shape index (κ1) is 12.8. The number of hydrogen-bond acceptors (Lipinski definition) is 2. The molecule has 88 valence electrons. The molecule has 0 atom stereocenters. The van der Waals surface area contributed by atoms with Gasteiger partial charge in [-0.25, -0.2) is 0 Å². The molecule has 1 aromatic heterocycles. The van der Waals surface area contributed by atoms with Gasteiger partial charge < -0.3 is 0 Å². The van der Waals surface area contributed by atoms with E-state index in [1.165, 1.54) is 0 Å². The van der Waals surface area contributed by atoms with E-state index in [1.54, 1.807) is 17.4 Å². The lowest BCUT2D eigenvalue weighted by atomic mass is 10.1. The highest BCUT2D eigenvalue weighted by Crippen LogP contribution is 2.24. The Morgan fingerprint density at radius 2 is 2.18 bits per heavy atom. The Morgan fingerprint density at radius 1 is 1.41 bits per heavy atom. The molecule has 4 heteroatoms. The first-order valence-corrected chi connectivity index (χ1v) is 7.13. The maximum absolute atomic E-state index is 12.1. The van der Waals surface area contributed by atoms with Gasteiger partial charge in [0.25, 0.3) is 0 Å². The molecule has 1 aromatic carbocycles. The number of carbonyl (C=O) groups excluding carboxylic acids is 1. The topological polar surface area (TPSA) is 17.1 Å². The van der Waals surface area contributed by atoms with Crippen LogP contribution in [0.25, 0.3) is 0 Å². The second kappa shape index (κ2) is 5.34. The number of hydrogen-bond donors (Lipinski definition) is 0. The van der Waals surface area contributed by atoms with Crippen LogP contribution in [0.5, 0.6) is 0 Å². The number of carbonyl (C=O) groups is 1. The van der Waals surface area contributed by atoms with Gasteiger partial charge in [-0.3, -0.25) is 4.79 Å². The summed E-state index contributed by atoms with van der Waals surface area (Å²) in [7, 11) is 0. The molecule has 0 aliphatic rings. The summed E-state index contributed by atoms with van der Waals surface area (Å²) in [6.07, 6.45) is 0.402. The molecule has 2 rings (SSSR count). The summed E-state index contributed by atoms with van der Waals surface area (Å²) in [6.45, 7) is 1.95. The molecule has 0 bridgehead atoms. The fraction of sp³-hybridized carbons (Fsp3) is 0.154. The number of halogens is 2. The first-order valence-electron chi connectivity index (χ1n) is 5.08. The Labute approximate surface area is 118 Å². The van der Waals surface area contributed by atoms with Gasteiger partial charge in [-0.1, -0.05) is 17.7 Å². The summed E-state index contributed by atoms with van der Waals surface area (Å²) in [6, 6.07) is 7.48. The van der Waals surface area contributed by atoms with E-state index in [9.17, 15) is 4.79 Å². The number of aryl methyl sites for hydroxylation is 1. The van der Waals surface area contributed by atoms with Crippen molar-refractivity contribution in [2.75, 3.05) is 0 Å². The van der Waals surface area contributed by atoms with E-state index in [0.717, 1.165) is 14.9 Å². The third-order valence-corrected chi connectivity index (χ3v) is 4.39. The van der Waals surface area contributed by atoms with E-state index in [2.05, 4.69) is 15.9 Å². The lowest BCUT2D eigenvalue weighted by molar-refractivity contribution is 0.0994. The maximum atomic E-state index is 12.1. The molecule has 1 heterocycles. The van der Waals surface area contributed by atoms with Crippen LogP contribution in [0.15, 0.2) is 34.1 Å². The van der Waals surface area contributed by atoms with Gasteiger partial charge in [0, 0.05) is 26.7 Å². The third kappa shape index (κ3) is 3.18. The van der Waals surface area contributed by atoms with Crippen LogP contribution in [-0.4, -0.2) is 5.78 Å². The molecule has 0 saturated heterocycles. The zero-order valence-electron chi connectivity index (χ0n) is 9.17. The van der Waals surface area contributed by atoms with Gasteiger partial charge in [0.2, 0.25) is 0 Å². The van der Waals surface area contributed by atoms with Crippen LogP contribution < -0.4 is 0 Å². The summed E-state index contributed by atoms with van der Waals surface area (Å²) >= 11 is 11.0. The fourth-order valence-electron chi connectivity index (χ4n) is 1.55. The van der Waals surface area contributed by atoms with Gasteiger partial charge in [0.05, 0.1) is 5.02 Å². The smallest absolute Gasteiger partial charge is 0.169 e. The first-order chi connectivity index (χ1) is 8.06. The predicted molar refractivity (Wildman–Crippen MR) is 76.2 cm³/mol. The molecule has 0 N–H and O–H groups in total. The van der Waals surface area contributed by atoms with Crippen LogP contribution in [0, 0.1) is 6.92 Å². The summed E-state index contributed by atoms with van der Waals surface area (Å²) in [5, 5.41) is 2.50. The summed E-state index contributed by atoms with van der Waals surface area (Å²) in [5.74, 6) is 0.0596. The van der Waals surface area contributed by atoms with E-state index < -0.39 is 0 Å². The van der Waals surface area contributed by atoms with Crippen molar-refractivity contribution in [1.29, 1.82) is 0 Å². The van der Waals surface area contributed by atoms with Gasteiger partial charge in [0.1, 0.15) is 0 Å². The van der Waals surface area contributed by atoms with Crippen LogP contribution >= 0.6 is 38.9 Å². The fourth-order valence-corrected chi connectivity index (χ4v) is 3.34. The molecule has 0 fully saturated rings. The average Bonchev–Trinajstić information content (AvgIpc) is 2.63. The van der Waals surface area contributed by atoms with Crippen molar-refractivity contribution in [3.05, 3.63) is 55.1 Å². The van der Waals surface area contributed by atoms with Crippen molar-refractivity contribution < 1.29 is 4.79 Å². The maximum Gasteiger partial charge on any atom is 0.169 e. The Kier molecular flexibility index (Phi) is 4.02. The lowest BCUT2D eigenvalue weighted by Crippen LogP contribution is -2.03. The Morgan fingerprint density at radius 3 is 2.76 bits per heavy atom. The molecule has 0 amide bonds. The van der Waals surface area contributed by atoms with Crippen molar-refractivity contribution in [3.63, 3.8) is 0 Å². The molecule has 1 nitrogen and oxygen atoms in total. The number of rotatable bonds is 3. The van der Waals surface area contributed by atoms with Crippen molar-refractivity contribution in [1.82, 2.24) is 0 Å². The zero-order chi connectivity index (χ0) is 12.4. The summed E-state index contributed by atoms with van der Waals surface area (Å²) < 4.78 is 1.01. The molecular weight excluding hydrogens is 320 g/mol. The van der Waals surface area contributed by atoms with Crippen molar-refractivity contribution in [3.8, 4) is 0 Å². The summed E-state index contributed by atoms with van der Waals surface area (Å²) in [5.41, 5.74) is 1.66. The van der Waals surface area contributed by atoms with E-state index >= 15 is 0 Å². The average molecular weight is 330 g/mol. The van der Waals surface area contributed by atoms with Crippen LogP contribution in [0.1, 0.15) is 20.8 Å². The second-order valence-corrected chi connectivity index (χ2v) is 6.13. The minimum atomic E-state index is 0.0596. The van der Waals surface area contributed by atoms with Crippen LogP contribution in [-0.2, 0) is 6.42 Å². The van der Waals surface area contributed by atoms with Gasteiger partial charge in [0.15, 0.2) is 5.78 Å². The number of thiophene rings is 1. The van der Waals surface area contributed by atoms with E-state index in [4.69, 9.17) is 11.6 Å². The number of Topliss-reactive ketones (excluding diaryl/α,β-unsaturated/α-hetero) is 1. The summed E-state index contributed by atoms with van der Waals surface area (Å²) in [4.78, 5) is 13.1. The van der Waals surface area contributed by atoms with Crippen LogP contribution in [0.2, 0.25) is 5.02 Å². The van der Waals surface area contributed by atoms with Gasteiger partial charge >= 0.3 is 0 Å². The molecule has 0 aliphatic carbocycles. The quantitative estimate of drug-likeness (QED) is 0.732. The van der Waals surface area contributed by atoms with Crippen molar-refractivity contribution >= 4 is 44.7 Å². The molecule has 0 spiro atoms. The van der Waals surface area contributed by atoms with Gasteiger partial charge in [-0.2, -0.15) is 0 Å². The highest BCUT2D eigenvalue weighted by atomic mass is 79.9. The van der Waals surface area contributed by atoms with Crippen molar-refractivity contribution in [2.45, 2.75) is 13.3 Å². The molecular formula is C13H10BrClOS. The second-order valence-electron chi connectivity index (χ2n) is 3.81. The van der Waals surface area contributed by atoms with Crippen LogP contribution in [0.3, 0.4) is 0 Å². The molecule has 0 radical (unpaired) electrons. The largest absolute Gasteiger partial charge is 0.294 e. The predicted octanol–water partition coefficient (Wildman–Crippen LogP) is 4.90. The van der Waals surface area contributed by atoms with E-state index in [0.29, 0.717) is 17.0 Å². The van der Waals surface area contributed by atoms with E-state index in [1.807, 2.05) is 30.5 Å². The van der Waals surface area contributed by atoms with Gasteiger partial charge in [-0.05, 0) is 46.6 Å². The van der Waals surface area contributed by atoms with Crippen LogP contribution in [0.4, 0.5) is 0 Å². The molecule has 0 unspecified atom stereocenters. The molecule has 2 aromatic rings. The molecule has 17 heavy (non-hydrogen) atoms.